The number of aromatic hydroxyl groups is 2. The summed E-state index contributed by atoms with van der Waals surface area (Å²) in [6.45, 7) is 6.21. The molecule has 1 rings (SSSR count). The fraction of sp³-hybridized carbons (Fsp3) is 0.588. The van der Waals surface area contributed by atoms with Crippen molar-refractivity contribution in [1.29, 1.82) is 0 Å². The lowest BCUT2D eigenvalue weighted by Crippen LogP contribution is -2.52. The summed E-state index contributed by atoms with van der Waals surface area (Å²) in [7, 11) is 0. The number of hydrogen-bond acceptors (Lipinski definition) is 4. The molecule has 2 atom stereocenters. The summed E-state index contributed by atoms with van der Waals surface area (Å²) >= 11 is 0. The summed E-state index contributed by atoms with van der Waals surface area (Å²) in [6, 6.07) is 3.68. The Kier molecular flexibility index (Phi) is 6.68. The summed E-state index contributed by atoms with van der Waals surface area (Å²) in [5, 5.41) is 31.6. The van der Waals surface area contributed by atoms with Gasteiger partial charge in [-0.15, -0.1) is 0 Å². The molecule has 0 saturated carbocycles. The molecule has 0 saturated heterocycles. The molecule has 4 N–H and O–H groups in total. The minimum Gasteiger partial charge on any atom is -0.504 e. The Morgan fingerprint density at radius 3 is 2.45 bits per heavy atom. The second-order valence-electron chi connectivity index (χ2n) is 6.08. The van der Waals surface area contributed by atoms with Crippen LogP contribution >= 0.6 is 0 Å². The molecule has 0 heterocycles. The van der Waals surface area contributed by atoms with Crippen LogP contribution in [0.25, 0.3) is 0 Å². The van der Waals surface area contributed by atoms with Gasteiger partial charge in [0.1, 0.15) is 6.04 Å². The van der Waals surface area contributed by atoms with E-state index < -0.39 is 12.0 Å². The number of rotatable bonds is 9. The normalized spacial score (nSPS) is 15.2. The van der Waals surface area contributed by atoms with Crippen LogP contribution in [-0.4, -0.2) is 32.9 Å². The van der Waals surface area contributed by atoms with Gasteiger partial charge in [0, 0.05) is 5.54 Å². The Bertz CT molecular complexity index is 503. The molecular formula is C17H27NO4. The maximum Gasteiger partial charge on any atom is 0.321 e. The van der Waals surface area contributed by atoms with E-state index in [1.807, 2.05) is 13.8 Å². The van der Waals surface area contributed by atoms with Gasteiger partial charge in [-0.3, -0.25) is 10.1 Å². The van der Waals surface area contributed by atoms with Crippen LogP contribution in [0, 0.1) is 0 Å². The first kappa shape index (κ1) is 18.3. The van der Waals surface area contributed by atoms with Crippen LogP contribution in [-0.2, 0) is 11.2 Å². The van der Waals surface area contributed by atoms with Crippen molar-refractivity contribution < 1.29 is 20.1 Å². The van der Waals surface area contributed by atoms with Crippen LogP contribution < -0.4 is 5.32 Å². The summed E-state index contributed by atoms with van der Waals surface area (Å²) in [4.78, 5) is 11.5. The average molecular weight is 309 g/mol. The van der Waals surface area contributed by atoms with Gasteiger partial charge in [0.15, 0.2) is 11.5 Å². The van der Waals surface area contributed by atoms with Crippen molar-refractivity contribution in [3.8, 4) is 11.5 Å². The summed E-state index contributed by atoms with van der Waals surface area (Å²) in [5.74, 6) is -1.35. The van der Waals surface area contributed by atoms with E-state index in [4.69, 9.17) is 0 Å². The van der Waals surface area contributed by atoms with E-state index in [2.05, 4.69) is 12.2 Å². The molecule has 0 fully saturated rings. The largest absolute Gasteiger partial charge is 0.504 e. The molecule has 0 aliphatic carbocycles. The maximum atomic E-state index is 11.5. The number of phenolic OH excluding ortho intramolecular Hbond substituents is 2. The Morgan fingerprint density at radius 2 is 1.95 bits per heavy atom. The zero-order valence-electron chi connectivity index (χ0n) is 13.6. The third kappa shape index (κ3) is 5.22. The maximum absolute atomic E-state index is 11.5. The van der Waals surface area contributed by atoms with Gasteiger partial charge in [0.05, 0.1) is 0 Å². The second-order valence-corrected chi connectivity index (χ2v) is 6.08. The molecule has 0 spiro atoms. The van der Waals surface area contributed by atoms with Gasteiger partial charge in [-0.1, -0.05) is 32.8 Å². The Balaban J connectivity index is 2.84. The van der Waals surface area contributed by atoms with E-state index in [0.29, 0.717) is 5.56 Å². The first-order chi connectivity index (χ1) is 10.3. The lowest BCUT2D eigenvalue weighted by Gasteiger charge is -2.33. The van der Waals surface area contributed by atoms with Crippen molar-refractivity contribution in [2.24, 2.45) is 0 Å². The molecule has 5 nitrogen and oxygen atoms in total. The molecule has 0 aliphatic rings. The molecule has 1 unspecified atom stereocenters. The van der Waals surface area contributed by atoms with Crippen LogP contribution in [0.4, 0.5) is 0 Å². The first-order valence-corrected chi connectivity index (χ1v) is 7.82. The predicted octanol–water partition coefficient (Wildman–Crippen LogP) is 3.04. The Morgan fingerprint density at radius 1 is 1.27 bits per heavy atom. The van der Waals surface area contributed by atoms with Crippen molar-refractivity contribution in [2.75, 3.05) is 0 Å². The van der Waals surface area contributed by atoms with Crippen LogP contribution in [0.1, 0.15) is 52.0 Å². The Labute approximate surface area is 132 Å². The minimum atomic E-state index is -0.913. The van der Waals surface area contributed by atoms with Crippen LogP contribution in [0.15, 0.2) is 18.2 Å². The van der Waals surface area contributed by atoms with Crippen molar-refractivity contribution >= 4 is 5.97 Å². The minimum absolute atomic E-state index is 0.204. The molecule has 0 amide bonds. The summed E-state index contributed by atoms with van der Waals surface area (Å²) in [6.07, 6.45) is 4.14. The van der Waals surface area contributed by atoms with Gasteiger partial charge in [0.25, 0.3) is 0 Å². The lowest BCUT2D eigenvalue weighted by atomic mass is 9.90. The third-order valence-electron chi connectivity index (χ3n) is 4.16. The molecule has 0 radical (unpaired) electrons. The highest BCUT2D eigenvalue weighted by atomic mass is 16.4. The fourth-order valence-corrected chi connectivity index (χ4v) is 2.47. The molecule has 124 valence electrons. The smallest absolute Gasteiger partial charge is 0.321 e. The van der Waals surface area contributed by atoms with Crippen molar-refractivity contribution in [3.05, 3.63) is 23.8 Å². The molecule has 0 aromatic heterocycles. The van der Waals surface area contributed by atoms with Crippen LogP contribution in [0.3, 0.4) is 0 Å². The number of aliphatic carboxylic acids is 1. The molecule has 0 aliphatic heterocycles. The molecule has 1 aromatic carbocycles. The number of benzene rings is 1. The average Bonchev–Trinajstić information content (AvgIpc) is 2.48. The fourth-order valence-electron chi connectivity index (χ4n) is 2.47. The molecule has 22 heavy (non-hydrogen) atoms. The predicted molar refractivity (Wildman–Crippen MR) is 86.3 cm³/mol. The molecule has 5 heteroatoms. The van der Waals surface area contributed by atoms with Crippen molar-refractivity contribution in [3.63, 3.8) is 0 Å². The Hall–Kier alpha value is -1.75. The number of carboxylic acids is 1. The lowest BCUT2D eigenvalue weighted by molar-refractivity contribution is -0.140. The zero-order chi connectivity index (χ0) is 16.8. The molecular weight excluding hydrogens is 282 g/mol. The van der Waals surface area contributed by atoms with Crippen LogP contribution in [0.2, 0.25) is 0 Å². The number of nitrogens with one attached hydrogen (secondary N) is 1. The highest BCUT2D eigenvalue weighted by Crippen LogP contribution is 2.26. The van der Waals surface area contributed by atoms with Crippen molar-refractivity contribution in [2.45, 2.75) is 64.5 Å². The van der Waals surface area contributed by atoms with Gasteiger partial charge in [0.2, 0.25) is 0 Å². The van der Waals surface area contributed by atoms with E-state index in [0.717, 1.165) is 25.7 Å². The SMILES string of the molecule is CCCCC(C)(CC)N[C@@H](Cc1ccc(O)c(O)c1)C(=O)O. The highest BCUT2D eigenvalue weighted by Gasteiger charge is 2.28. The van der Waals surface area contributed by atoms with Gasteiger partial charge < -0.3 is 15.3 Å². The van der Waals surface area contributed by atoms with Gasteiger partial charge in [-0.2, -0.15) is 0 Å². The van der Waals surface area contributed by atoms with Gasteiger partial charge in [-0.05, 0) is 43.9 Å². The van der Waals surface area contributed by atoms with E-state index in [9.17, 15) is 20.1 Å². The quantitative estimate of drug-likeness (QED) is 0.526. The van der Waals surface area contributed by atoms with Gasteiger partial charge in [-0.25, -0.2) is 0 Å². The number of carbonyl (C=O) groups is 1. The first-order valence-electron chi connectivity index (χ1n) is 7.82. The van der Waals surface area contributed by atoms with Crippen molar-refractivity contribution in [1.82, 2.24) is 5.32 Å². The second kappa shape index (κ2) is 8.03. The standard InChI is InChI=1S/C17H27NO4/c1-4-6-9-17(3,5-2)18-13(16(21)22)10-12-7-8-14(19)15(20)11-12/h7-8,11,13,18-20H,4-6,9-10H2,1-3H3,(H,21,22)/t13-,17?/m0/s1. The van der Waals surface area contributed by atoms with E-state index in [1.54, 1.807) is 6.07 Å². The summed E-state index contributed by atoms with van der Waals surface area (Å²) < 4.78 is 0. The monoisotopic (exact) mass is 309 g/mol. The number of phenols is 2. The highest BCUT2D eigenvalue weighted by molar-refractivity contribution is 5.74. The number of hydrogen-bond donors (Lipinski definition) is 4. The van der Waals surface area contributed by atoms with E-state index in [1.165, 1.54) is 12.1 Å². The summed E-state index contributed by atoms with van der Waals surface area (Å²) in [5.41, 5.74) is 0.446. The molecule has 1 aromatic rings. The number of carboxylic acid groups (broad SMARTS) is 1. The zero-order valence-corrected chi connectivity index (χ0v) is 13.6. The molecule has 0 bridgehead atoms. The topological polar surface area (TPSA) is 89.8 Å². The van der Waals surface area contributed by atoms with E-state index >= 15 is 0 Å². The van der Waals surface area contributed by atoms with Gasteiger partial charge >= 0.3 is 5.97 Å². The van der Waals surface area contributed by atoms with Crippen LogP contribution in [0.5, 0.6) is 11.5 Å². The van der Waals surface area contributed by atoms with E-state index in [-0.39, 0.29) is 23.5 Å². The number of unbranched alkanes of at least 4 members (excludes halogenated alkanes) is 1. The third-order valence-corrected chi connectivity index (χ3v) is 4.16.